The minimum Gasteiger partial charge on any atom is -0.508 e. The normalized spacial score (nSPS) is 18.0. The van der Waals surface area contributed by atoms with E-state index in [1.165, 1.54) is 0 Å². The van der Waals surface area contributed by atoms with Gasteiger partial charge < -0.3 is 5.11 Å². The van der Waals surface area contributed by atoms with Crippen molar-refractivity contribution in [1.82, 2.24) is 0 Å². The van der Waals surface area contributed by atoms with Gasteiger partial charge in [-0.15, -0.1) is 0 Å². The Hall–Kier alpha value is -2.78. The molecular formula is C18H16N2O. The molecule has 0 saturated heterocycles. The molecule has 104 valence electrons. The average Bonchev–Trinajstić information content (AvgIpc) is 2.47. The van der Waals surface area contributed by atoms with Crippen LogP contribution in [0.4, 0.5) is 0 Å². The SMILES string of the molecule is CC1CC(/C=C/c2ccc(O)cc2)=CC(=C(C#N)C#N)C1. The first-order valence-corrected chi connectivity index (χ1v) is 6.83. The number of aromatic hydroxyl groups is 1. The third kappa shape index (κ3) is 3.84. The Bertz CT molecular complexity index is 678. The second kappa shape index (κ2) is 6.59. The molecule has 1 aliphatic carbocycles. The zero-order valence-corrected chi connectivity index (χ0v) is 11.9. The molecule has 0 radical (unpaired) electrons. The van der Waals surface area contributed by atoms with Crippen LogP contribution in [0.25, 0.3) is 6.08 Å². The summed E-state index contributed by atoms with van der Waals surface area (Å²) in [6.07, 6.45) is 7.63. The van der Waals surface area contributed by atoms with Crippen molar-refractivity contribution in [2.45, 2.75) is 19.8 Å². The lowest BCUT2D eigenvalue weighted by Gasteiger charge is -2.19. The summed E-state index contributed by atoms with van der Waals surface area (Å²) >= 11 is 0. The van der Waals surface area contributed by atoms with Crippen LogP contribution in [-0.4, -0.2) is 5.11 Å². The summed E-state index contributed by atoms with van der Waals surface area (Å²) in [6.45, 7) is 2.12. The minimum absolute atomic E-state index is 0.206. The van der Waals surface area contributed by atoms with E-state index in [0.717, 1.165) is 29.6 Å². The fourth-order valence-corrected chi connectivity index (χ4v) is 2.44. The quantitative estimate of drug-likeness (QED) is 0.827. The molecule has 2 rings (SSSR count). The molecule has 1 N–H and O–H groups in total. The second-order valence-electron chi connectivity index (χ2n) is 5.28. The van der Waals surface area contributed by atoms with Crippen molar-refractivity contribution in [3.05, 3.63) is 58.7 Å². The van der Waals surface area contributed by atoms with Crippen LogP contribution in [0.3, 0.4) is 0 Å². The molecular weight excluding hydrogens is 260 g/mol. The molecule has 1 aromatic rings. The lowest BCUT2D eigenvalue weighted by Crippen LogP contribution is -2.05. The molecule has 0 heterocycles. The van der Waals surface area contributed by atoms with Crippen molar-refractivity contribution in [2.24, 2.45) is 5.92 Å². The molecule has 1 unspecified atom stereocenters. The zero-order chi connectivity index (χ0) is 15.2. The maximum Gasteiger partial charge on any atom is 0.132 e. The van der Waals surface area contributed by atoms with Gasteiger partial charge in [-0.3, -0.25) is 0 Å². The summed E-state index contributed by atoms with van der Waals surface area (Å²) in [5, 5.41) is 27.2. The van der Waals surface area contributed by atoms with Gasteiger partial charge in [0.2, 0.25) is 0 Å². The minimum atomic E-state index is 0.206. The standard InChI is InChI=1S/C18H16N2O/c1-13-8-15(10-16(9-13)17(11-19)12-20)3-2-14-4-6-18(21)7-5-14/h2-7,10,13,21H,8-9H2,1H3/b3-2+. The molecule has 0 saturated carbocycles. The van der Waals surface area contributed by atoms with Crippen molar-refractivity contribution < 1.29 is 5.11 Å². The predicted octanol–water partition coefficient (Wildman–Crippen LogP) is 4.11. The van der Waals surface area contributed by atoms with E-state index >= 15 is 0 Å². The van der Waals surface area contributed by atoms with E-state index < -0.39 is 0 Å². The molecule has 1 aliphatic rings. The van der Waals surface area contributed by atoms with E-state index in [0.29, 0.717) is 5.92 Å². The van der Waals surface area contributed by atoms with Gasteiger partial charge in [-0.05, 0) is 47.6 Å². The van der Waals surface area contributed by atoms with Crippen LogP contribution >= 0.6 is 0 Å². The summed E-state index contributed by atoms with van der Waals surface area (Å²) in [7, 11) is 0. The Kier molecular flexibility index (Phi) is 4.59. The third-order valence-corrected chi connectivity index (χ3v) is 3.44. The van der Waals surface area contributed by atoms with Crippen LogP contribution in [0.15, 0.2) is 53.1 Å². The van der Waals surface area contributed by atoms with Gasteiger partial charge in [0.05, 0.1) is 0 Å². The molecule has 0 fully saturated rings. The van der Waals surface area contributed by atoms with E-state index in [1.54, 1.807) is 12.1 Å². The number of benzene rings is 1. The number of rotatable bonds is 2. The molecule has 0 amide bonds. The van der Waals surface area contributed by atoms with Crippen LogP contribution in [0.2, 0.25) is 0 Å². The number of phenols is 1. The number of nitriles is 2. The molecule has 3 heteroatoms. The number of hydrogen-bond donors (Lipinski definition) is 1. The summed E-state index contributed by atoms with van der Waals surface area (Å²) in [5.41, 5.74) is 3.14. The summed E-state index contributed by atoms with van der Waals surface area (Å²) in [4.78, 5) is 0. The van der Waals surface area contributed by atoms with Crippen LogP contribution in [0, 0.1) is 28.6 Å². The van der Waals surface area contributed by atoms with Gasteiger partial charge >= 0.3 is 0 Å². The van der Waals surface area contributed by atoms with Crippen molar-refractivity contribution in [2.75, 3.05) is 0 Å². The van der Waals surface area contributed by atoms with E-state index in [-0.39, 0.29) is 11.3 Å². The molecule has 1 aromatic carbocycles. The van der Waals surface area contributed by atoms with Gasteiger partial charge in [0.15, 0.2) is 0 Å². The highest BCUT2D eigenvalue weighted by molar-refractivity contribution is 5.56. The van der Waals surface area contributed by atoms with Gasteiger partial charge in [0, 0.05) is 0 Å². The fourth-order valence-electron chi connectivity index (χ4n) is 2.44. The van der Waals surface area contributed by atoms with Crippen molar-refractivity contribution in [3.63, 3.8) is 0 Å². The fraction of sp³-hybridized carbons (Fsp3) is 0.222. The maximum absolute atomic E-state index is 9.26. The maximum atomic E-state index is 9.26. The van der Waals surface area contributed by atoms with Crippen LogP contribution in [0.1, 0.15) is 25.3 Å². The molecule has 0 aliphatic heterocycles. The molecule has 0 spiro atoms. The van der Waals surface area contributed by atoms with Crippen LogP contribution in [0.5, 0.6) is 5.75 Å². The molecule has 3 nitrogen and oxygen atoms in total. The Labute approximate surface area is 124 Å². The molecule has 1 atom stereocenters. The molecule has 0 bridgehead atoms. The predicted molar refractivity (Wildman–Crippen MR) is 81.9 cm³/mol. The molecule has 0 aromatic heterocycles. The van der Waals surface area contributed by atoms with Crippen LogP contribution in [-0.2, 0) is 0 Å². The van der Waals surface area contributed by atoms with Crippen molar-refractivity contribution >= 4 is 6.08 Å². The lowest BCUT2D eigenvalue weighted by atomic mass is 9.85. The molecule has 21 heavy (non-hydrogen) atoms. The van der Waals surface area contributed by atoms with Gasteiger partial charge in [-0.25, -0.2) is 0 Å². The Morgan fingerprint density at radius 1 is 1.14 bits per heavy atom. The van der Waals surface area contributed by atoms with Gasteiger partial charge in [0.1, 0.15) is 23.5 Å². The second-order valence-corrected chi connectivity index (χ2v) is 5.28. The van der Waals surface area contributed by atoms with Gasteiger partial charge in [-0.1, -0.05) is 37.3 Å². The van der Waals surface area contributed by atoms with Crippen molar-refractivity contribution in [1.29, 1.82) is 10.5 Å². The smallest absolute Gasteiger partial charge is 0.132 e. The Morgan fingerprint density at radius 2 is 1.81 bits per heavy atom. The number of allylic oxidation sites excluding steroid dienone is 5. The highest BCUT2D eigenvalue weighted by atomic mass is 16.3. The number of nitrogens with zero attached hydrogens (tertiary/aromatic N) is 2. The van der Waals surface area contributed by atoms with E-state index in [1.807, 2.05) is 42.5 Å². The van der Waals surface area contributed by atoms with Gasteiger partial charge in [-0.2, -0.15) is 10.5 Å². The summed E-state index contributed by atoms with van der Waals surface area (Å²) in [6, 6.07) is 10.9. The lowest BCUT2D eigenvalue weighted by molar-refractivity contribution is 0.475. The average molecular weight is 276 g/mol. The topological polar surface area (TPSA) is 67.8 Å². The summed E-state index contributed by atoms with van der Waals surface area (Å²) < 4.78 is 0. The van der Waals surface area contributed by atoms with Crippen LogP contribution < -0.4 is 0 Å². The number of hydrogen-bond acceptors (Lipinski definition) is 3. The number of phenolic OH excluding ortho intramolecular Hbond substituents is 1. The third-order valence-electron chi connectivity index (χ3n) is 3.44. The zero-order valence-electron chi connectivity index (χ0n) is 11.9. The first-order valence-electron chi connectivity index (χ1n) is 6.83. The first kappa shape index (κ1) is 14.6. The highest BCUT2D eigenvalue weighted by Gasteiger charge is 2.16. The van der Waals surface area contributed by atoms with E-state index in [2.05, 4.69) is 6.92 Å². The monoisotopic (exact) mass is 276 g/mol. The highest BCUT2D eigenvalue weighted by Crippen LogP contribution is 2.30. The van der Waals surface area contributed by atoms with Gasteiger partial charge in [0.25, 0.3) is 0 Å². The Balaban J connectivity index is 2.27. The van der Waals surface area contributed by atoms with E-state index in [4.69, 9.17) is 10.5 Å². The first-order chi connectivity index (χ1) is 10.1. The van der Waals surface area contributed by atoms with E-state index in [9.17, 15) is 5.11 Å². The van der Waals surface area contributed by atoms with Crippen molar-refractivity contribution in [3.8, 4) is 17.9 Å². The largest absolute Gasteiger partial charge is 0.508 e. The Morgan fingerprint density at radius 3 is 2.43 bits per heavy atom. The summed E-state index contributed by atoms with van der Waals surface area (Å²) in [5.74, 6) is 0.664.